The highest BCUT2D eigenvalue weighted by atomic mass is 16.5. The summed E-state index contributed by atoms with van der Waals surface area (Å²) < 4.78 is 10.7. The van der Waals surface area contributed by atoms with Crippen molar-refractivity contribution in [3.8, 4) is 11.5 Å². The summed E-state index contributed by atoms with van der Waals surface area (Å²) >= 11 is 0. The van der Waals surface area contributed by atoms with E-state index in [-0.39, 0.29) is 12.3 Å². The van der Waals surface area contributed by atoms with E-state index in [9.17, 15) is 14.4 Å². The molecule has 3 rings (SSSR count). The van der Waals surface area contributed by atoms with Crippen LogP contribution >= 0.6 is 0 Å². The quantitative estimate of drug-likeness (QED) is 0.464. The lowest BCUT2D eigenvalue weighted by molar-refractivity contribution is -0.122. The number of carbonyl (C=O) groups excluding carboxylic acids is 3. The molecule has 1 aliphatic rings. The standard InChI is InChI=1S/C24H28N2O5/c1-4-5-8-13-25-22(27)15-19(16-11-12-20(30-2)21(14-16)31-3)26-23(28)17-9-6-7-10-18(17)24(26)29/h6-7,9-12,14,19H,4-5,8,13,15H2,1-3H3,(H,25,27). The van der Waals surface area contributed by atoms with Gasteiger partial charge < -0.3 is 14.8 Å². The molecule has 2 aromatic carbocycles. The molecule has 0 fully saturated rings. The molecule has 1 aliphatic heterocycles. The number of rotatable bonds is 10. The summed E-state index contributed by atoms with van der Waals surface area (Å²) in [7, 11) is 3.04. The largest absolute Gasteiger partial charge is 0.493 e. The smallest absolute Gasteiger partial charge is 0.262 e. The van der Waals surface area contributed by atoms with Crippen LogP contribution in [0, 0.1) is 0 Å². The molecule has 1 N–H and O–H groups in total. The molecule has 0 spiro atoms. The number of fused-ring (bicyclic) bond motifs is 1. The van der Waals surface area contributed by atoms with Gasteiger partial charge in [-0.1, -0.05) is 38.0 Å². The summed E-state index contributed by atoms with van der Waals surface area (Å²) in [4.78, 5) is 40.1. The zero-order valence-electron chi connectivity index (χ0n) is 18.1. The van der Waals surface area contributed by atoms with Gasteiger partial charge in [0, 0.05) is 6.54 Å². The third-order valence-electron chi connectivity index (χ3n) is 5.41. The molecular formula is C24H28N2O5. The van der Waals surface area contributed by atoms with E-state index < -0.39 is 17.9 Å². The van der Waals surface area contributed by atoms with Gasteiger partial charge in [-0.2, -0.15) is 0 Å². The predicted octanol–water partition coefficient (Wildman–Crippen LogP) is 3.74. The zero-order valence-corrected chi connectivity index (χ0v) is 18.1. The molecule has 0 saturated carbocycles. The van der Waals surface area contributed by atoms with Crippen molar-refractivity contribution >= 4 is 17.7 Å². The fraction of sp³-hybridized carbons (Fsp3) is 0.375. The Kier molecular flexibility index (Phi) is 7.28. The topological polar surface area (TPSA) is 84.9 Å². The van der Waals surface area contributed by atoms with Crippen LogP contribution in [0.2, 0.25) is 0 Å². The normalized spacial score (nSPS) is 13.7. The van der Waals surface area contributed by atoms with Crippen molar-refractivity contribution in [2.24, 2.45) is 0 Å². The summed E-state index contributed by atoms with van der Waals surface area (Å²) in [6, 6.07) is 11.1. The fourth-order valence-electron chi connectivity index (χ4n) is 3.76. The molecule has 0 bridgehead atoms. The van der Waals surface area contributed by atoms with Gasteiger partial charge >= 0.3 is 0 Å². The van der Waals surface area contributed by atoms with E-state index in [1.807, 2.05) is 0 Å². The molecule has 0 radical (unpaired) electrons. The Morgan fingerprint density at radius 2 is 1.61 bits per heavy atom. The average Bonchev–Trinajstić information content (AvgIpc) is 3.05. The van der Waals surface area contributed by atoms with Crippen LogP contribution in [-0.2, 0) is 4.79 Å². The van der Waals surface area contributed by atoms with Crippen LogP contribution in [-0.4, -0.2) is 43.4 Å². The molecule has 1 unspecified atom stereocenters. The molecule has 0 saturated heterocycles. The van der Waals surface area contributed by atoms with E-state index in [0.29, 0.717) is 34.7 Å². The summed E-state index contributed by atoms with van der Waals surface area (Å²) in [6.45, 7) is 2.66. The number of hydrogen-bond acceptors (Lipinski definition) is 5. The van der Waals surface area contributed by atoms with E-state index in [0.717, 1.165) is 19.3 Å². The van der Waals surface area contributed by atoms with Gasteiger partial charge in [0.1, 0.15) is 0 Å². The second-order valence-corrected chi connectivity index (χ2v) is 7.42. The number of imide groups is 1. The molecule has 1 heterocycles. The molecule has 1 atom stereocenters. The second-order valence-electron chi connectivity index (χ2n) is 7.42. The molecule has 7 heteroatoms. The van der Waals surface area contributed by atoms with Crippen LogP contribution in [0.25, 0.3) is 0 Å². The van der Waals surface area contributed by atoms with Crippen molar-refractivity contribution in [1.82, 2.24) is 10.2 Å². The number of nitrogens with one attached hydrogen (secondary N) is 1. The molecule has 164 valence electrons. The Hall–Kier alpha value is -3.35. The van der Waals surface area contributed by atoms with E-state index in [1.54, 1.807) is 42.5 Å². The minimum atomic E-state index is -0.765. The maximum absolute atomic E-state index is 13.1. The summed E-state index contributed by atoms with van der Waals surface area (Å²) in [5.41, 5.74) is 1.32. The van der Waals surface area contributed by atoms with Gasteiger partial charge in [-0.15, -0.1) is 0 Å². The number of unbranched alkanes of at least 4 members (excludes halogenated alkanes) is 2. The van der Waals surface area contributed by atoms with E-state index >= 15 is 0 Å². The van der Waals surface area contributed by atoms with Crippen molar-refractivity contribution in [2.75, 3.05) is 20.8 Å². The van der Waals surface area contributed by atoms with Crippen LogP contribution in [0.3, 0.4) is 0 Å². The lowest BCUT2D eigenvalue weighted by Crippen LogP contribution is -2.37. The fourth-order valence-corrected chi connectivity index (χ4v) is 3.76. The molecule has 2 aromatic rings. The Morgan fingerprint density at radius 1 is 0.968 bits per heavy atom. The third-order valence-corrected chi connectivity index (χ3v) is 5.41. The number of nitrogens with zero attached hydrogens (tertiary/aromatic N) is 1. The van der Waals surface area contributed by atoms with Gasteiger partial charge in [-0.25, -0.2) is 0 Å². The first-order chi connectivity index (χ1) is 15.0. The van der Waals surface area contributed by atoms with E-state index in [1.165, 1.54) is 19.1 Å². The van der Waals surface area contributed by atoms with Crippen molar-refractivity contribution < 1.29 is 23.9 Å². The number of amides is 3. The van der Waals surface area contributed by atoms with Crippen molar-refractivity contribution in [1.29, 1.82) is 0 Å². The number of hydrogen-bond donors (Lipinski definition) is 1. The highest BCUT2D eigenvalue weighted by Crippen LogP contribution is 2.37. The minimum absolute atomic E-state index is 0.0346. The molecule has 31 heavy (non-hydrogen) atoms. The van der Waals surface area contributed by atoms with Crippen molar-refractivity contribution in [2.45, 2.75) is 38.6 Å². The lowest BCUT2D eigenvalue weighted by Gasteiger charge is -2.27. The van der Waals surface area contributed by atoms with Crippen molar-refractivity contribution in [3.63, 3.8) is 0 Å². The van der Waals surface area contributed by atoms with Crippen LogP contribution in [0.15, 0.2) is 42.5 Å². The molecule has 3 amide bonds. The van der Waals surface area contributed by atoms with Gasteiger partial charge in [0.25, 0.3) is 11.8 Å². The van der Waals surface area contributed by atoms with Crippen LogP contribution in [0.1, 0.15) is 64.9 Å². The number of ether oxygens (including phenoxy) is 2. The maximum atomic E-state index is 13.1. The van der Waals surface area contributed by atoms with Gasteiger partial charge in [0.05, 0.1) is 37.8 Å². The average molecular weight is 424 g/mol. The minimum Gasteiger partial charge on any atom is -0.493 e. The van der Waals surface area contributed by atoms with E-state index in [2.05, 4.69) is 12.2 Å². The SMILES string of the molecule is CCCCCNC(=O)CC(c1ccc(OC)c(OC)c1)N1C(=O)c2ccccc2C1=O. The maximum Gasteiger partial charge on any atom is 0.262 e. The monoisotopic (exact) mass is 424 g/mol. The van der Waals surface area contributed by atoms with Gasteiger partial charge in [0.2, 0.25) is 5.91 Å². The molecule has 0 aromatic heterocycles. The number of carbonyl (C=O) groups is 3. The Bertz CT molecular complexity index is 937. The number of benzene rings is 2. The van der Waals surface area contributed by atoms with Gasteiger partial charge in [-0.3, -0.25) is 19.3 Å². The molecular weight excluding hydrogens is 396 g/mol. The Balaban J connectivity index is 1.93. The van der Waals surface area contributed by atoms with Crippen molar-refractivity contribution in [3.05, 3.63) is 59.2 Å². The van der Waals surface area contributed by atoms with Gasteiger partial charge in [-0.05, 0) is 36.2 Å². The number of methoxy groups -OCH3 is 2. The van der Waals surface area contributed by atoms with E-state index in [4.69, 9.17) is 9.47 Å². The third kappa shape index (κ3) is 4.71. The summed E-state index contributed by atoms with van der Waals surface area (Å²) in [6.07, 6.45) is 2.93. The predicted molar refractivity (Wildman–Crippen MR) is 116 cm³/mol. The second kappa shape index (κ2) is 10.1. The summed E-state index contributed by atoms with van der Waals surface area (Å²) in [5.74, 6) is -0.0351. The van der Waals surface area contributed by atoms with Crippen LogP contribution < -0.4 is 14.8 Å². The first-order valence-electron chi connectivity index (χ1n) is 10.5. The Morgan fingerprint density at radius 3 is 2.19 bits per heavy atom. The summed E-state index contributed by atoms with van der Waals surface area (Å²) in [5, 5.41) is 2.90. The van der Waals surface area contributed by atoms with Crippen LogP contribution in [0.4, 0.5) is 0 Å². The molecule has 0 aliphatic carbocycles. The molecule has 7 nitrogen and oxygen atoms in total. The Labute approximate surface area is 182 Å². The first kappa shape index (κ1) is 22.3. The highest BCUT2D eigenvalue weighted by Gasteiger charge is 2.41. The zero-order chi connectivity index (χ0) is 22.4. The first-order valence-corrected chi connectivity index (χ1v) is 10.5. The highest BCUT2D eigenvalue weighted by molar-refractivity contribution is 6.21. The van der Waals surface area contributed by atoms with Crippen LogP contribution in [0.5, 0.6) is 11.5 Å². The van der Waals surface area contributed by atoms with Gasteiger partial charge in [0.15, 0.2) is 11.5 Å². The lowest BCUT2D eigenvalue weighted by atomic mass is 10.0.